The Labute approximate surface area is 129 Å². The normalized spacial score (nSPS) is 12.0. The highest BCUT2D eigenvalue weighted by Gasteiger charge is 2.18. The topological polar surface area (TPSA) is 82.3 Å². The van der Waals surface area contributed by atoms with Gasteiger partial charge in [-0.15, -0.1) is 0 Å². The van der Waals surface area contributed by atoms with E-state index in [1.165, 1.54) is 12.1 Å². The van der Waals surface area contributed by atoms with Crippen LogP contribution in [0.2, 0.25) is 5.15 Å². The summed E-state index contributed by atoms with van der Waals surface area (Å²) in [6.45, 7) is 4.05. The number of fused-ring (bicyclic) bond motifs is 1. The first-order valence-electron chi connectivity index (χ1n) is 6.65. The van der Waals surface area contributed by atoms with Gasteiger partial charge >= 0.3 is 0 Å². The lowest BCUT2D eigenvalue weighted by Crippen LogP contribution is -2.15. The summed E-state index contributed by atoms with van der Waals surface area (Å²) in [6, 6.07) is 6.12. The lowest BCUT2D eigenvalue weighted by molar-refractivity contribution is 0.195. The first kappa shape index (κ1) is 16.0. The first-order valence-corrected chi connectivity index (χ1v) is 8.58. The quantitative estimate of drug-likeness (QED) is 0.855. The fraction of sp³-hybridized carbons (Fsp3) is 0.357. The van der Waals surface area contributed by atoms with Gasteiger partial charge in [0.1, 0.15) is 16.4 Å². The van der Waals surface area contributed by atoms with Crippen molar-refractivity contribution in [1.29, 1.82) is 0 Å². The highest BCUT2D eigenvalue weighted by Crippen LogP contribution is 2.31. The second kappa shape index (κ2) is 6.17. The van der Waals surface area contributed by atoms with Gasteiger partial charge in [-0.1, -0.05) is 25.4 Å². The van der Waals surface area contributed by atoms with Gasteiger partial charge < -0.3 is 4.74 Å². The minimum absolute atomic E-state index is 0.0126. The molecule has 0 amide bonds. The van der Waals surface area contributed by atoms with Crippen LogP contribution < -0.4 is 9.88 Å². The van der Waals surface area contributed by atoms with Crippen LogP contribution in [0, 0.1) is 0 Å². The standard InChI is InChI=1S/C14H17ClN2O3S/c1-3-9(4-2)20-11-6-7-12(21(16,18)19)10-5-8-13(15)17-14(10)11/h5-9H,3-4H2,1-2H3,(H2,16,18,19). The van der Waals surface area contributed by atoms with Crippen LogP contribution in [0.3, 0.4) is 0 Å². The lowest BCUT2D eigenvalue weighted by atomic mass is 10.2. The average molecular weight is 329 g/mol. The number of pyridine rings is 1. The van der Waals surface area contributed by atoms with Crippen LogP contribution >= 0.6 is 11.6 Å². The molecule has 7 heteroatoms. The Morgan fingerprint density at radius 2 is 1.90 bits per heavy atom. The number of primary sulfonamides is 1. The van der Waals surface area contributed by atoms with E-state index in [2.05, 4.69) is 4.98 Å². The van der Waals surface area contributed by atoms with E-state index < -0.39 is 10.0 Å². The molecule has 1 heterocycles. The molecular weight excluding hydrogens is 312 g/mol. The third kappa shape index (κ3) is 3.45. The minimum atomic E-state index is -3.84. The van der Waals surface area contributed by atoms with Crippen LogP contribution in [0.1, 0.15) is 26.7 Å². The molecule has 0 radical (unpaired) electrons. The number of ether oxygens (including phenoxy) is 1. The molecule has 0 aliphatic rings. The largest absolute Gasteiger partial charge is 0.488 e. The van der Waals surface area contributed by atoms with E-state index in [0.717, 1.165) is 12.8 Å². The van der Waals surface area contributed by atoms with Gasteiger partial charge in [0, 0.05) is 5.39 Å². The van der Waals surface area contributed by atoms with Crippen molar-refractivity contribution in [3.05, 3.63) is 29.4 Å². The van der Waals surface area contributed by atoms with Crippen molar-refractivity contribution in [2.45, 2.75) is 37.7 Å². The maximum absolute atomic E-state index is 11.7. The highest BCUT2D eigenvalue weighted by molar-refractivity contribution is 7.89. The molecule has 0 saturated heterocycles. The van der Waals surface area contributed by atoms with Gasteiger partial charge in [0.05, 0.1) is 11.0 Å². The molecule has 21 heavy (non-hydrogen) atoms. The monoisotopic (exact) mass is 328 g/mol. The number of sulfonamides is 1. The number of halogens is 1. The van der Waals surface area contributed by atoms with E-state index in [1.807, 2.05) is 13.8 Å². The van der Waals surface area contributed by atoms with Crippen LogP contribution in [-0.2, 0) is 10.0 Å². The summed E-state index contributed by atoms with van der Waals surface area (Å²) in [6.07, 6.45) is 1.72. The van der Waals surface area contributed by atoms with E-state index in [0.29, 0.717) is 16.7 Å². The fourth-order valence-electron chi connectivity index (χ4n) is 2.12. The first-order chi connectivity index (χ1) is 9.86. The van der Waals surface area contributed by atoms with Crippen LogP contribution in [0.25, 0.3) is 10.9 Å². The number of aromatic nitrogens is 1. The minimum Gasteiger partial charge on any atom is -0.488 e. The van der Waals surface area contributed by atoms with Crippen LogP contribution in [-0.4, -0.2) is 19.5 Å². The van der Waals surface area contributed by atoms with Crippen LogP contribution in [0.4, 0.5) is 0 Å². The number of hydrogen-bond acceptors (Lipinski definition) is 4. The van der Waals surface area contributed by atoms with E-state index >= 15 is 0 Å². The van der Waals surface area contributed by atoms with Crippen molar-refractivity contribution in [2.24, 2.45) is 5.14 Å². The number of rotatable bonds is 5. The second-order valence-corrected chi connectivity index (χ2v) is 6.61. The number of benzene rings is 1. The van der Waals surface area contributed by atoms with E-state index in [-0.39, 0.29) is 16.2 Å². The summed E-state index contributed by atoms with van der Waals surface area (Å²) in [7, 11) is -3.84. The Bertz CT molecular complexity index is 758. The predicted octanol–water partition coefficient (Wildman–Crippen LogP) is 3.10. The SMILES string of the molecule is CCC(CC)Oc1ccc(S(N)(=O)=O)c2ccc(Cl)nc12. The Hall–Kier alpha value is -1.37. The molecule has 114 valence electrons. The molecule has 0 fully saturated rings. The van der Waals surface area contributed by atoms with Gasteiger partial charge in [-0.25, -0.2) is 18.5 Å². The zero-order valence-corrected chi connectivity index (χ0v) is 13.4. The average Bonchev–Trinajstić information content (AvgIpc) is 2.43. The third-order valence-corrected chi connectivity index (χ3v) is 4.44. The van der Waals surface area contributed by atoms with E-state index in [1.54, 1.807) is 12.1 Å². The maximum atomic E-state index is 11.7. The fourth-order valence-corrected chi connectivity index (χ4v) is 3.00. The summed E-state index contributed by atoms with van der Waals surface area (Å²) >= 11 is 5.91. The van der Waals surface area contributed by atoms with Gasteiger partial charge in [-0.2, -0.15) is 0 Å². The van der Waals surface area contributed by atoms with E-state index in [9.17, 15) is 8.42 Å². The Balaban J connectivity index is 2.66. The van der Waals surface area contributed by atoms with Crippen molar-refractivity contribution in [2.75, 3.05) is 0 Å². The second-order valence-electron chi connectivity index (χ2n) is 4.69. The molecule has 5 nitrogen and oxygen atoms in total. The molecule has 0 aliphatic carbocycles. The van der Waals surface area contributed by atoms with Crippen molar-refractivity contribution < 1.29 is 13.2 Å². The summed E-state index contributed by atoms with van der Waals surface area (Å²) in [5.74, 6) is 0.508. The molecule has 0 spiro atoms. The van der Waals surface area contributed by atoms with Gasteiger partial charge in [-0.05, 0) is 37.1 Å². The summed E-state index contributed by atoms with van der Waals surface area (Å²) in [4.78, 5) is 4.20. The summed E-state index contributed by atoms with van der Waals surface area (Å²) < 4.78 is 29.2. The molecule has 0 unspecified atom stereocenters. The number of nitrogens with zero attached hydrogens (tertiary/aromatic N) is 1. The lowest BCUT2D eigenvalue weighted by Gasteiger charge is -2.17. The maximum Gasteiger partial charge on any atom is 0.238 e. The van der Waals surface area contributed by atoms with Gasteiger partial charge in [0.25, 0.3) is 0 Å². The molecule has 2 rings (SSSR count). The molecule has 1 aromatic heterocycles. The van der Waals surface area contributed by atoms with Crippen LogP contribution in [0.5, 0.6) is 5.75 Å². The Kier molecular flexibility index (Phi) is 4.70. The number of hydrogen-bond donors (Lipinski definition) is 1. The zero-order valence-electron chi connectivity index (χ0n) is 11.8. The summed E-state index contributed by atoms with van der Waals surface area (Å²) in [5, 5.41) is 5.91. The van der Waals surface area contributed by atoms with Crippen LogP contribution in [0.15, 0.2) is 29.2 Å². The predicted molar refractivity (Wildman–Crippen MR) is 83.1 cm³/mol. The number of nitrogens with two attached hydrogens (primary N) is 1. The van der Waals surface area contributed by atoms with Gasteiger partial charge in [0.15, 0.2) is 0 Å². The zero-order chi connectivity index (χ0) is 15.6. The van der Waals surface area contributed by atoms with Gasteiger partial charge in [-0.3, -0.25) is 0 Å². The molecule has 2 aromatic rings. The molecule has 0 aliphatic heterocycles. The summed E-state index contributed by atoms with van der Waals surface area (Å²) in [5.41, 5.74) is 0.404. The Morgan fingerprint density at radius 3 is 2.48 bits per heavy atom. The third-order valence-electron chi connectivity index (χ3n) is 3.26. The smallest absolute Gasteiger partial charge is 0.238 e. The highest BCUT2D eigenvalue weighted by atomic mass is 35.5. The van der Waals surface area contributed by atoms with Crippen molar-refractivity contribution >= 4 is 32.5 Å². The molecule has 1 aromatic carbocycles. The van der Waals surface area contributed by atoms with Crippen molar-refractivity contribution in [1.82, 2.24) is 4.98 Å². The van der Waals surface area contributed by atoms with Crippen molar-refractivity contribution in [3.63, 3.8) is 0 Å². The Morgan fingerprint density at radius 1 is 1.24 bits per heavy atom. The molecule has 0 saturated carbocycles. The van der Waals surface area contributed by atoms with Crippen molar-refractivity contribution in [3.8, 4) is 5.75 Å². The molecule has 0 atom stereocenters. The molecule has 0 bridgehead atoms. The van der Waals surface area contributed by atoms with E-state index in [4.69, 9.17) is 21.5 Å². The van der Waals surface area contributed by atoms with Gasteiger partial charge in [0.2, 0.25) is 10.0 Å². The molecular formula is C14H17ClN2O3S. The molecule has 2 N–H and O–H groups in total.